The zero-order chi connectivity index (χ0) is 14.1. The van der Waals surface area contributed by atoms with E-state index in [-0.39, 0.29) is 30.3 Å². The number of rotatable bonds is 3. The van der Waals surface area contributed by atoms with Gasteiger partial charge in [-0.2, -0.15) is 5.26 Å². The first-order chi connectivity index (χ1) is 9.65. The maximum Gasteiger partial charge on any atom is 0.140 e. The molecule has 2 aliphatic rings. The molecule has 0 saturated carbocycles. The van der Waals surface area contributed by atoms with Gasteiger partial charge in [-0.3, -0.25) is 4.79 Å². The van der Waals surface area contributed by atoms with Crippen molar-refractivity contribution in [2.24, 2.45) is 5.92 Å². The number of nitrogens with zero attached hydrogens (tertiary/aromatic N) is 1. The average Bonchev–Trinajstić information content (AvgIpc) is 2.77. The van der Waals surface area contributed by atoms with E-state index in [0.717, 1.165) is 25.7 Å². The SMILES string of the molecule is N#Cc1ccc(F)cc1CC(=O)C1CC2CCC(C1)O2. The Bertz CT molecular complexity index is 566. The second-order valence-corrected chi connectivity index (χ2v) is 5.68. The minimum atomic E-state index is -0.404. The van der Waals surface area contributed by atoms with Gasteiger partial charge in [0.15, 0.2) is 0 Å². The lowest BCUT2D eigenvalue weighted by molar-refractivity contribution is -0.127. The molecular weight excluding hydrogens is 257 g/mol. The van der Waals surface area contributed by atoms with Gasteiger partial charge in [0, 0.05) is 12.3 Å². The topological polar surface area (TPSA) is 50.1 Å². The van der Waals surface area contributed by atoms with Gasteiger partial charge in [-0.1, -0.05) is 0 Å². The van der Waals surface area contributed by atoms with Gasteiger partial charge in [0.05, 0.1) is 23.8 Å². The maximum atomic E-state index is 13.3. The summed E-state index contributed by atoms with van der Waals surface area (Å²) in [6, 6.07) is 6.00. The highest BCUT2D eigenvalue weighted by Gasteiger charge is 2.37. The number of hydrogen-bond donors (Lipinski definition) is 0. The average molecular weight is 273 g/mol. The lowest BCUT2D eigenvalue weighted by atomic mass is 9.87. The first-order valence-electron chi connectivity index (χ1n) is 7.02. The molecule has 2 fully saturated rings. The summed E-state index contributed by atoms with van der Waals surface area (Å²) < 4.78 is 19.0. The normalized spacial score (nSPS) is 28.1. The third-order valence-corrected chi connectivity index (χ3v) is 4.30. The predicted molar refractivity (Wildman–Crippen MR) is 70.4 cm³/mol. The fourth-order valence-corrected chi connectivity index (χ4v) is 3.27. The summed E-state index contributed by atoms with van der Waals surface area (Å²) in [4.78, 5) is 12.4. The molecule has 0 aliphatic carbocycles. The monoisotopic (exact) mass is 273 g/mol. The van der Waals surface area contributed by atoms with Crippen LogP contribution in [-0.4, -0.2) is 18.0 Å². The highest BCUT2D eigenvalue weighted by atomic mass is 19.1. The maximum absolute atomic E-state index is 13.3. The summed E-state index contributed by atoms with van der Waals surface area (Å²) in [7, 11) is 0. The molecule has 104 valence electrons. The Morgan fingerprint density at radius 3 is 2.70 bits per heavy atom. The summed E-state index contributed by atoms with van der Waals surface area (Å²) in [5.74, 6) is -0.304. The lowest BCUT2D eigenvalue weighted by Gasteiger charge is -2.27. The molecule has 2 atom stereocenters. The van der Waals surface area contributed by atoms with Gasteiger partial charge < -0.3 is 4.74 Å². The molecule has 0 spiro atoms. The van der Waals surface area contributed by atoms with Crippen LogP contribution < -0.4 is 0 Å². The first kappa shape index (κ1) is 13.3. The van der Waals surface area contributed by atoms with Crippen LogP contribution >= 0.6 is 0 Å². The highest BCUT2D eigenvalue weighted by molar-refractivity contribution is 5.84. The molecule has 2 aliphatic heterocycles. The van der Waals surface area contributed by atoms with Crippen molar-refractivity contribution in [1.82, 2.24) is 0 Å². The van der Waals surface area contributed by atoms with E-state index in [1.165, 1.54) is 18.2 Å². The van der Waals surface area contributed by atoms with Crippen LogP contribution in [0.1, 0.15) is 36.8 Å². The van der Waals surface area contributed by atoms with Gasteiger partial charge in [-0.15, -0.1) is 0 Å². The Balaban J connectivity index is 1.73. The van der Waals surface area contributed by atoms with E-state index in [2.05, 4.69) is 0 Å². The number of fused-ring (bicyclic) bond motifs is 2. The molecule has 2 bridgehead atoms. The van der Waals surface area contributed by atoms with Crippen LogP contribution in [0.5, 0.6) is 0 Å². The Kier molecular flexibility index (Phi) is 3.54. The number of benzene rings is 1. The molecule has 2 unspecified atom stereocenters. The van der Waals surface area contributed by atoms with E-state index in [1.54, 1.807) is 0 Å². The molecule has 3 nitrogen and oxygen atoms in total. The standard InChI is InChI=1S/C16H16FNO2/c17-13-2-1-10(9-18)11(5-13)8-16(19)12-6-14-3-4-15(7-12)20-14/h1-2,5,12,14-15H,3-4,6-8H2. The van der Waals surface area contributed by atoms with Gasteiger partial charge >= 0.3 is 0 Å². The van der Waals surface area contributed by atoms with Crippen LogP contribution in [0.3, 0.4) is 0 Å². The molecule has 1 aromatic rings. The summed E-state index contributed by atoms with van der Waals surface area (Å²) in [6.45, 7) is 0. The van der Waals surface area contributed by atoms with Crippen LogP contribution in [0.2, 0.25) is 0 Å². The number of Topliss-reactive ketones (excluding diaryl/α,β-unsaturated/α-hetero) is 1. The summed E-state index contributed by atoms with van der Waals surface area (Å²) in [5.41, 5.74) is 0.881. The fourth-order valence-electron chi connectivity index (χ4n) is 3.27. The minimum Gasteiger partial charge on any atom is -0.375 e. The Morgan fingerprint density at radius 1 is 1.35 bits per heavy atom. The molecule has 2 heterocycles. The highest BCUT2D eigenvalue weighted by Crippen LogP contribution is 2.36. The molecular formula is C16H16FNO2. The third-order valence-electron chi connectivity index (χ3n) is 4.30. The predicted octanol–water partition coefficient (Wildman–Crippen LogP) is 2.77. The smallest absolute Gasteiger partial charge is 0.140 e. The van der Waals surface area contributed by atoms with Gasteiger partial charge in [0.1, 0.15) is 11.6 Å². The first-order valence-corrected chi connectivity index (χ1v) is 7.02. The molecule has 1 aromatic carbocycles. The van der Waals surface area contributed by atoms with E-state index in [4.69, 9.17) is 10.00 Å². The van der Waals surface area contributed by atoms with Gasteiger partial charge in [-0.25, -0.2) is 4.39 Å². The van der Waals surface area contributed by atoms with E-state index in [0.29, 0.717) is 11.1 Å². The van der Waals surface area contributed by atoms with Crippen LogP contribution in [0.25, 0.3) is 0 Å². The number of carbonyl (C=O) groups is 1. The molecule has 0 aromatic heterocycles. The van der Waals surface area contributed by atoms with Crippen molar-refractivity contribution in [3.63, 3.8) is 0 Å². The van der Waals surface area contributed by atoms with Crippen molar-refractivity contribution in [2.45, 2.75) is 44.3 Å². The zero-order valence-corrected chi connectivity index (χ0v) is 11.1. The number of hydrogen-bond acceptors (Lipinski definition) is 3. The number of halogens is 1. The fraction of sp³-hybridized carbons (Fsp3) is 0.500. The van der Waals surface area contributed by atoms with E-state index >= 15 is 0 Å². The molecule has 20 heavy (non-hydrogen) atoms. The molecule has 0 radical (unpaired) electrons. The number of ether oxygens (including phenoxy) is 1. The summed E-state index contributed by atoms with van der Waals surface area (Å²) in [6.07, 6.45) is 4.19. The second-order valence-electron chi connectivity index (χ2n) is 5.68. The van der Waals surface area contributed by atoms with Crippen LogP contribution in [0.4, 0.5) is 4.39 Å². The van der Waals surface area contributed by atoms with Crippen molar-refractivity contribution >= 4 is 5.78 Å². The van der Waals surface area contributed by atoms with Crippen LogP contribution in [0, 0.1) is 23.1 Å². The minimum absolute atomic E-state index is 0.00365. The molecule has 4 heteroatoms. The quantitative estimate of drug-likeness (QED) is 0.850. The van der Waals surface area contributed by atoms with Crippen molar-refractivity contribution in [3.05, 3.63) is 35.1 Å². The van der Waals surface area contributed by atoms with Gasteiger partial charge in [0.25, 0.3) is 0 Å². The van der Waals surface area contributed by atoms with Crippen molar-refractivity contribution < 1.29 is 13.9 Å². The summed E-state index contributed by atoms with van der Waals surface area (Å²) >= 11 is 0. The van der Waals surface area contributed by atoms with Gasteiger partial charge in [-0.05, 0) is 49.4 Å². The third kappa shape index (κ3) is 2.59. The molecule has 0 amide bonds. The summed E-state index contributed by atoms with van der Waals surface area (Å²) in [5, 5.41) is 9.02. The van der Waals surface area contributed by atoms with Crippen LogP contribution in [0.15, 0.2) is 18.2 Å². The zero-order valence-electron chi connectivity index (χ0n) is 11.1. The largest absolute Gasteiger partial charge is 0.375 e. The van der Waals surface area contributed by atoms with E-state index in [9.17, 15) is 9.18 Å². The Morgan fingerprint density at radius 2 is 2.05 bits per heavy atom. The number of carbonyl (C=O) groups excluding carboxylic acids is 1. The van der Waals surface area contributed by atoms with E-state index < -0.39 is 5.82 Å². The lowest BCUT2D eigenvalue weighted by Crippen LogP contribution is -2.30. The Hall–Kier alpha value is -1.73. The van der Waals surface area contributed by atoms with Crippen molar-refractivity contribution in [2.75, 3.05) is 0 Å². The number of ketones is 1. The molecule has 0 N–H and O–H groups in total. The van der Waals surface area contributed by atoms with Crippen molar-refractivity contribution in [1.29, 1.82) is 5.26 Å². The molecule has 2 saturated heterocycles. The molecule has 3 rings (SSSR count). The second kappa shape index (κ2) is 5.34. The van der Waals surface area contributed by atoms with Gasteiger partial charge in [0.2, 0.25) is 0 Å². The Labute approximate surface area is 117 Å². The van der Waals surface area contributed by atoms with E-state index in [1.807, 2.05) is 6.07 Å². The van der Waals surface area contributed by atoms with Crippen molar-refractivity contribution in [3.8, 4) is 6.07 Å². The van der Waals surface area contributed by atoms with Crippen LogP contribution in [-0.2, 0) is 16.0 Å². The number of nitriles is 1.